The van der Waals surface area contributed by atoms with Crippen LogP contribution in [0.3, 0.4) is 0 Å². The fraction of sp³-hybridized carbons (Fsp3) is 0. The van der Waals surface area contributed by atoms with E-state index in [1.54, 1.807) is 0 Å². The monoisotopic (exact) mass is 365 g/mol. The highest BCUT2D eigenvalue weighted by atomic mass is 35.5. The van der Waals surface area contributed by atoms with Gasteiger partial charge in [0.2, 0.25) is 5.69 Å². The van der Waals surface area contributed by atoms with E-state index in [0.29, 0.717) is 14.9 Å². The Bertz CT molecular complexity index is 865. The minimum Gasteiger partial charge on any atom is -0.476 e. The summed E-state index contributed by atoms with van der Waals surface area (Å²) in [5, 5.41) is 20.2. The lowest BCUT2D eigenvalue weighted by molar-refractivity contribution is 0.0686. The van der Waals surface area contributed by atoms with Gasteiger partial charge in [0.05, 0.1) is 5.02 Å². The van der Waals surface area contributed by atoms with E-state index in [9.17, 15) is 4.79 Å². The Morgan fingerprint density at radius 2 is 1.74 bits per heavy atom. The van der Waals surface area contributed by atoms with E-state index in [1.165, 1.54) is 0 Å². The summed E-state index contributed by atoms with van der Waals surface area (Å²) in [6.45, 7) is 0. The molecule has 0 spiro atoms. The minimum atomic E-state index is -1.14. The summed E-state index contributed by atoms with van der Waals surface area (Å²) >= 11 is 13.3. The van der Waals surface area contributed by atoms with Crippen molar-refractivity contribution in [3.8, 4) is 11.1 Å². The molecule has 0 saturated heterocycles. The van der Waals surface area contributed by atoms with E-state index in [1.807, 2.05) is 42.5 Å². The smallest absolute Gasteiger partial charge is 0.359 e. The van der Waals surface area contributed by atoms with Crippen molar-refractivity contribution in [1.82, 2.24) is 15.4 Å². The fourth-order valence-corrected chi connectivity index (χ4v) is 3.18. The molecule has 0 aliphatic carbocycles. The van der Waals surface area contributed by atoms with Crippen molar-refractivity contribution in [2.45, 2.75) is 9.92 Å². The van der Waals surface area contributed by atoms with E-state index >= 15 is 0 Å². The zero-order valence-electron chi connectivity index (χ0n) is 11.5. The largest absolute Gasteiger partial charge is 0.476 e. The molecule has 0 atom stereocenters. The van der Waals surface area contributed by atoms with Crippen molar-refractivity contribution in [2.75, 3.05) is 0 Å². The van der Waals surface area contributed by atoms with Crippen molar-refractivity contribution in [3.05, 3.63) is 58.2 Å². The highest BCUT2D eigenvalue weighted by Gasteiger charge is 2.17. The van der Waals surface area contributed by atoms with Gasteiger partial charge in [0, 0.05) is 9.92 Å². The van der Waals surface area contributed by atoms with Gasteiger partial charge in [0.1, 0.15) is 0 Å². The predicted octanol–water partition coefficient (Wildman–Crippen LogP) is 4.63. The van der Waals surface area contributed by atoms with Gasteiger partial charge in [-0.1, -0.05) is 53.2 Å². The van der Waals surface area contributed by atoms with Gasteiger partial charge < -0.3 is 5.11 Å². The van der Waals surface area contributed by atoms with E-state index in [-0.39, 0.29) is 10.7 Å². The van der Waals surface area contributed by atoms with Gasteiger partial charge in [-0.3, -0.25) is 0 Å². The number of H-pyrrole nitrogens is 1. The molecule has 1 aromatic heterocycles. The molecule has 0 saturated carbocycles. The third-order valence-electron chi connectivity index (χ3n) is 3.03. The first-order chi connectivity index (χ1) is 11.0. The Morgan fingerprint density at radius 3 is 2.39 bits per heavy atom. The van der Waals surface area contributed by atoms with E-state index in [4.69, 9.17) is 28.3 Å². The van der Waals surface area contributed by atoms with Gasteiger partial charge in [-0.2, -0.15) is 5.21 Å². The number of hydrogen-bond donors (Lipinski definition) is 2. The van der Waals surface area contributed by atoms with Crippen molar-refractivity contribution in [1.29, 1.82) is 0 Å². The molecule has 0 unspecified atom stereocenters. The molecule has 0 amide bonds. The maximum Gasteiger partial charge on any atom is 0.359 e. The van der Waals surface area contributed by atoms with Gasteiger partial charge >= 0.3 is 5.97 Å². The Balaban J connectivity index is 1.89. The highest BCUT2D eigenvalue weighted by molar-refractivity contribution is 7.99. The van der Waals surface area contributed by atoms with Crippen molar-refractivity contribution >= 4 is 40.9 Å². The van der Waals surface area contributed by atoms with Gasteiger partial charge in [0.25, 0.3) is 0 Å². The predicted molar refractivity (Wildman–Crippen MR) is 89.4 cm³/mol. The normalized spacial score (nSPS) is 10.7. The van der Waals surface area contributed by atoms with Gasteiger partial charge in [-0.05, 0) is 35.4 Å². The lowest BCUT2D eigenvalue weighted by atomic mass is 10.1. The van der Waals surface area contributed by atoms with E-state index in [0.717, 1.165) is 22.9 Å². The van der Waals surface area contributed by atoms with Gasteiger partial charge in [0.15, 0.2) is 5.03 Å². The minimum absolute atomic E-state index is 0.132. The average molecular weight is 366 g/mol. The number of aromatic nitrogens is 3. The van der Waals surface area contributed by atoms with Crippen LogP contribution in [0.25, 0.3) is 11.1 Å². The summed E-state index contributed by atoms with van der Waals surface area (Å²) in [6, 6.07) is 13.0. The Labute approximate surface area is 145 Å². The molecule has 2 N–H and O–H groups in total. The maximum absolute atomic E-state index is 11.0. The lowest BCUT2D eigenvalue weighted by Crippen LogP contribution is -1.98. The SMILES string of the molecule is O=C(O)c1n[nH]nc1Sc1ccc(-c2ccc(Cl)cc2)cc1Cl. The molecule has 0 aliphatic heterocycles. The summed E-state index contributed by atoms with van der Waals surface area (Å²) in [5.74, 6) is -1.14. The molecule has 3 aromatic rings. The second kappa shape index (κ2) is 6.62. The molecule has 0 fully saturated rings. The fourth-order valence-electron chi connectivity index (χ4n) is 1.94. The van der Waals surface area contributed by atoms with E-state index in [2.05, 4.69) is 15.4 Å². The highest BCUT2D eigenvalue weighted by Crippen LogP contribution is 2.36. The number of benzene rings is 2. The van der Waals surface area contributed by atoms with Crippen LogP contribution in [0.15, 0.2) is 52.4 Å². The summed E-state index contributed by atoms with van der Waals surface area (Å²) < 4.78 is 0. The second-order valence-electron chi connectivity index (χ2n) is 4.54. The number of aromatic carboxylic acids is 1. The second-order valence-corrected chi connectivity index (χ2v) is 6.41. The average Bonchev–Trinajstić information content (AvgIpc) is 2.98. The lowest BCUT2D eigenvalue weighted by Gasteiger charge is -2.06. The Morgan fingerprint density at radius 1 is 1.04 bits per heavy atom. The zero-order valence-corrected chi connectivity index (χ0v) is 13.8. The van der Waals surface area contributed by atoms with Crippen LogP contribution in [-0.2, 0) is 0 Å². The van der Waals surface area contributed by atoms with Crippen LogP contribution in [0, 0.1) is 0 Å². The molecular formula is C15H9Cl2N3O2S. The standard InChI is InChI=1S/C15H9Cl2N3O2S/c16-10-4-1-8(2-5-10)9-3-6-12(11(17)7-9)23-14-13(15(21)22)18-20-19-14/h1-7H,(H,21,22)(H,18,19,20). The molecule has 116 valence electrons. The first kappa shape index (κ1) is 15.9. The van der Waals surface area contributed by atoms with Crippen LogP contribution in [0.1, 0.15) is 10.5 Å². The Kier molecular flexibility index (Phi) is 4.56. The molecule has 2 aromatic carbocycles. The first-order valence-electron chi connectivity index (χ1n) is 6.42. The first-order valence-corrected chi connectivity index (χ1v) is 7.99. The van der Waals surface area contributed by atoms with Crippen molar-refractivity contribution in [2.24, 2.45) is 0 Å². The number of carbonyl (C=O) groups is 1. The number of nitrogens with zero attached hydrogens (tertiary/aromatic N) is 2. The summed E-state index contributed by atoms with van der Waals surface area (Å²) in [5.41, 5.74) is 1.79. The van der Waals surface area contributed by atoms with Gasteiger partial charge in [-0.25, -0.2) is 4.79 Å². The van der Waals surface area contributed by atoms with Crippen LogP contribution in [0.5, 0.6) is 0 Å². The molecule has 23 heavy (non-hydrogen) atoms. The van der Waals surface area contributed by atoms with Crippen LogP contribution < -0.4 is 0 Å². The van der Waals surface area contributed by atoms with Crippen LogP contribution in [0.2, 0.25) is 10.0 Å². The molecule has 5 nitrogen and oxygen atoms in total. The van der Waals surface area contributed by atoms with Crippen LogP contribution in [-0.4, -0.2) is 26.5 Å². The quantitative estimate of drug-likeness (QED) is 0.704. The molecule has 0 aliphatic rings. The summed E-state index contributed by atoms with van der Waals surface area (Å²) in [7, 11) is 0. The number of carboxylic acid groups (broad SMARTS) is 1. The Hall–Kier alpha value is -2.02. The van der Waals surface area contributed by atoms with Crippen LogP contribution >= 0.6 is 35.0 Å². The molecule has 0 bridgehead atoms. The molecule has 1 heterocycles. The number of aromatic amines is 1. The summed E-state index contributed by atoms with van der Waals surface area (Å²) in [4.78, 5) is 11.7. The third-order valence-corrected chi connectivity index (χ3v) is 4.77. The molecule has 0 radical (unpaired) electrons. The number of carboxylic acids is 1. The van der Waals surface area contributed by atoms with Crippen LogP contribution in [0.4, 0.5) is 0 Å². The molecule has 3 rings (SSSR count). The van der Waals surface area contributed by atoms with Gasteiger partial charge in [-0.15, -0.1) is 10.2 Å². The zero-order chi connectivity index (χ0) is 16.4. The van der Waals surface area contributed by atoms with Crippen molar-refractivity contribution in [3.63, 3.8) is 0 Å². The number of halogens is 2. The molecule has 8 heteroatoms. The number of hydrogen-bond acceptors (Lipinski definition) is 4. The maximum atomic E-state index is 11.0. The number of rotatable bonds is 4. The van der Waals surface area contributed by atoms with Crippen molar-refractivity contribution < 1.29 is 9.90 Å². The summed E-state index contributed by atoms with van der Waals surface area (Å²) in [6.07, 6.45) is 0. The topological polar surface area (TPSA) is 78.9 Å². The van der Waals surface area contributed by atoms with E-state index < -0.39 is 5.97 Å². The number of nitrogens with one attached hydrogen (secondary N) is 1. The third kappa shape index (κ3) is 3.50. The molecular weight excluding hydrogens is 357 g/mol.